The van der Waals surface area contributed by atoms with E-state index in [0.717, 1.165) is 56.3 Å². The molecule has 0 saturated heterocycles. The molecule has 0 aliphatic rings. The second-order valence-corrected chi connectivity index (χ2v) is 16.9. The fourth-order valence-electron chi connectivity index (χ4n) is 4.48. The summed E-state index contributed by atoms with van der Waals surface area (Å²) in [4.78, 5) is 31.6. The van der Waals surface area contributed by atoms with Crippen molar-refractivity contribution in [3.8, 4) is 0 Å². The summed E-state index contributed by atoms with van der Waals surface area (Å²) in [6, 6.07) is 0. The SMILES string of the molecule is CC(C)CCCCCC(O)C(=O)S.CC(C)CCCCCC(O)C(=O)S.CC(C)CCCCCC(O)C(=O)S.CCCCCCC[CH2][Sn]. The first-order valence-electron chi connectivity index (χ1n) is 18.9. The predicted octanol–water partition coefficient (Wildman–Crippen LogP) is 10.2. The molecular weight excluding hydrogens is 767 g/mol. The molecule has 3 atom stereocenters. The maximum atomic E-state index is 10.5. The summed E-state index contributed by atoms with van der Waals surface area (Å²) in [7, 11) is 0. The van der Waals surface area contributed by atoms with E-state index in [0.29, 0.717) is 19.3 Å². The van der Waals surface area contributed by atoms with E-state index < -0.39 is 33.7 Å². The van der Waals surface area contributed by atoms with Crippen molar-refractivity contribution in [1.29, 1.82) is 0 Å². The Morgan fingerprint density at radius 3 is 0.896 bits per heavy atom. The van der Waals surface area contributed by atoms with Crippen LogP contribution in [0.1, 0.15) is 183 Å². The number of thiol groups is 3. The normalized spacial score (nSPS) is 12.7. The molecule has 0 fully saturated rings. The zero-order chi connectivity index (χ0) is 37.8. The Bertz CT molecular complexity index is 623. The van der Waals surface area contributed by atoms with Gasteiger partial charge in [0.2, 0.25) is 15.3 Å². The monoisotopic (exact) mass is 845 g/mol. The van der Waals surface area contributed by atoms with Gasteiger partial charge in [0, 0.05) is 0 Å². The van der Waals surface area contributed by atoms with E-state index in [9.17, 15) is 14.4 Å². The van der Waals surface area contributed by atoms with E-state index in [2.05, 4.69) is 86.4 Å². The van der Waals surface area contributed by atoms with E-state index in [1.807, 2.05) is 0 Å². The summed E-state index contributed by atoms with van der Waals surface area (Å²) < 4.78 is 1.46. The summed E-state index contributed by atoms with van der Waals surface area (Å²) in [5.41, 5.74) is 0. The van der Waals surface area contributed by atoms with Crippen molar-refractivity contribution in [1.82, 2.24) is 0 Å². The molecule has 6 nitrogen and oxygen atoms in total. The first-order chi connectivity index (χ1) is 22.5. The van der Waals surface area contributed by atoms with Gasteiger partial charge in [0.15, 0.2) is 0 Å². The third kappa shape index (κ3) is 53.5. The van der Waals surface area contributed by atoms with Gasteiger partial charge in [-0.1, -0.05) is 119 Å². The Morgan fingerprint density at radius 2 is 0.667 bits per heavy atom. The van der Waals surface area contributed by atoms with Crippen LogP contribution in [-0.2, 0) is 14.4 Å². The number of hydrogen-bond donors (Lipinski definition) is 6. The van der Waals surface area contributed by atoms with Crippen molar-refractivity contribution in [3.05, 3.63) is 0 Å². The molecule has 0 rings (SSSR count). The fraction of sp³-hybridized carbons (Fsp3) is 0.921. The van der Waals surface area contributed by atoms with Gasteiger partial charge in [0.05, 0.1) is 0 Å². The standard InChI is InChI=1S/3C10H20O2S.C8H17.Sn/c3*1-8(2)6-4-3-5-7-9(11)10(12)13;1-3-5-7-8-6-4-2;/h3*8-9,11H,3-7H2,1-2H3,(H,12,13);1,3-8H2,2H3;. The number of aliphatic hydroxyl groups excluding tert-OH is 3. The van der Waals surface area contributed by atoms with Crippen LogP contribution in [0, 0.1) is 17.8 Å². The average molecular weight is 845 g/mol. The summed E-state index contributed by atoms with van der Waals surface area (Å²) in [5.74, 6) is 2.24. The topological polar surface area (TPSA) is 112 Å². The number of rotatable bonds is 27. The van der Waals surface area contributed by atoms with Gasteiger partial charge in [0.1, 0.15) is 18.3 Å². The molecule has 3 radical (unpaired) electrons. The average Bonchev–Trinajstić information content (AvgIpc) is 3.00. The van der Waals surface area contributed by atoms with Gasteiger partial charge in [-0.2, -0.15) is 0 Å². The van der Waals surface area contributed by atoms with Crippen molar-refractivity contribution in [2.24, 2.45) is 17.8 Å². The zero-order valence-electron chi connectivity index (χ0n) is 31.9. The fourth-order valence-corrected chi connectivity index (χ4v) is 5.58. The van der Waals surface area contributed by atoms with Gasteiger partial charge in [-0.15, -0.1) is 37.9 Å². The van der Waals surface area contributed by atoms with Crippen LogP contribution in [0.5, 0.6) is 0 Å². The first-order valence-corrected chi connectivity index (χ1v) is 22.3. The number of carbonyl (C=O) groups excluding carboxylic acids is 3. The van der Waals surface area contributed by atoms with Crippen LogP contribution < -0.4 is 0 Å². The van der Waals surface area contributed by atoms with E-state index in [-0.39, 0.29) is 0 Å². The van der Waals surface area contributed by atoms with E-state index >= 15 is 0 Å². The molecule has 0 saturated carbocycles. The second-order valence-electron chi connectivity index (χ2n) is 14.2. The van der Waals surface area contributed by atoms with E-state index in [1.54, 1.807) is 22.5 Å². The van der Waals surface area contributed by atoms with Gasteiger partial charge in [-0.05, 0) is 37.0 Å². The molecule has 0 aliphatic heterocycles. The number of carbonyl (C=O) groups is 3. The molecule has 0 bridgehead atoms. The van der Waals surface area contributed by atoms with E-state index in [1.165, 1.54) is 81.5 Å². The van der Waals surface area contributed by atoms with Crippen molar-refractivity contribution in [2.45, 2.75) is 206 Å². The number of unbranched alkanes of at least 4 members (excludes halogenated alkanes) is 11. The van der Waals surface area contributed by atoms with Crippen LogP contribution in [0.15, 0.2) is 0 Å². The van der Waals surface area contributed by atoms with Crippen LogP contribution in [0.4, 0.5) is 0 Å². The van der Waals surface area contributed by atoms with Crippen molar-refractivity contribution in [3.63, 3.8) is 0 Å². The predicted molar refractivity (Wildman–Crippen MR) is 218 cm³/mol. The van der Waals surface area contributed by atoms with Gasteiger partial charge >= 0.3 is 72.4 Å². The Labute approximate surface area is 327 Å². The van der Waals surface area contributed by atoms with Crippen molar-refractivity contribution in [2.75, 3.05) is 0 Å². The second kappa shape index (κ2) is 42.2. The number of hydrogen-bond acceptors (Lipinski definition) is 6. The van der Waals surface area contributed by atoms with Crippen LogP contribution >= 0.6 is 37.9 Å². The molecule has 10 heteroatoms. The third-order valence-corrected chi connectivity index (χ3v) is 9.57. The van der Waals surface area contributed by atoms with Crippen LogP contribution in [0.3, 0.4) is 0 Å². The molecule has 0 aromatic heterocycles. The minimum atomic E-state index is -0.859. The molecule has 0 aromatic carbocycles. The minimum absolute atomic E-state index is 0.413. The molecule has 48 heavy (non-hydrogen) atoms. The first kappa shape index (κ1) is 55.5. The van der Waals surface area contributed by atoms with Crippen LogP contribution in [-0.4, -0.2) is 71.5 Å². The molecule has 0 aromatic rings. The van der Waals surface area contributed by atoms with Gasteiger partial charge in [-0.3, -0.25) is 14.4 Å². The van der Waals surface area contributed by atoms with Crippen molar-refractivity contribution >= 4 is 75.8 Å². The maximum absolute atomic E-state index is 10.5. The Balaban J connectivity index is -0.000000271. The quantitative estimate of drug-likeness (QED) is 0.0279. The van der Waals surface area contributed by atoms with Gasteiger partial charge < -0.3 is 15.3 Å². The summed E-state index contributed by atoms with van der Waals surface area (Å²) in [6.07, 6.45) is 21.1. The molecule has 0 aliphatic carbocycles. The summed E-state index contributed by atoms with van der Waals surface area (Å²) in [5, 5.41) is 26.1. The molecule has 0 spiro atoms. The third-order valence-electron chi connectivity index (χ3n) is 7.66. The molecule has 3 unspecified atom stereocenters. The Hall–Kier alpha value is 0.739. The Kier molecular flexibility index (Phi) is 48.7. The zero-order valence-corrected chi connectivity index (χ0v) is 37.5. The molecule has 0 amide bonds. The molecule has 3 N–H and O–H groups in total. The molecule has 0 heterocycles. The molecular formula is C38H77O6S3Sn. The summed E-state index contributed by atoms with van der Waals surface area (Å²) >= 11 is 12.4. The van der Waals surface area contributed by atoms with E-state index in [4.69, 9.17) is 15.3 Å². The molecule has 287 valence electrons. The van der Waals surface area contributed by atoms with Gasteiger partial charge in [-0.25, -0.2) is 0 Å². The van der Waals surface area contributed by atoms with Crippen LogP contribution in [0.25, 0.3) is 0 Å². The Morgan fingerprint density at radius 1 is 0.438 bits per heavy atom. The van der Waals surface area contributed by atoms with Crippen molar-refractivity contribution < 1.29 is 29.7 Å². The number of aliphatic hydroxyl groups is 3. The summed E-state index contributed by atoms with van der Waals surface area (Å²) in [6.45, 7) is 15.5. The van der Waals surface area contributed by atoms with Crippen LogP contribution in [0.2, 0.25) is 4.44 Å². The van der Waals surface area contributed by atoms with Gasteiger partial charge in [0.25, 0.3) is 0 Å².